The smallest absolute Gasteiger partial charge is 0.244 e. The molecule has 124 valence electrons. The number of carbonyl (C=O) groups is 1. The van der Waals surface area contributed by atoms with Gasteiger partial charge in [0, 0.05) is 23.3 Å². The van der Waals surface area contributed by atoms with Gasteiger partial charge in [0.15, 0.2) is 11.5 Å². The van der Waals surface area contributed by atoms with Gasteiger partial charge in [-0.3, -0.25) is 4.79 Å². The Labute approximate surface area is 145 Å². The Hall–Kier alpha value is -2.40. The van der Waals surface area contributed by atoms with Crippen LogP contribution in [-0.4, -0.2) is 31.4 Å². The van der Waals surface area contributed by atoms with Gasteiger partial charge in [0.1, 0.15) is 13.2 Å². The van der Waals surface area contributed by atoms with Crippen molar-refractivity contribution in [2.75, 3.05) is 25.5 Å². The lowest BCUT2D eigenvalue weighted by molar-refractivity contribution is -0.116. The first-order valence-corrected chi connectivity index (χ1v) is 8.83. The molecule has 0 radical (unpaired) electrons. The average molecular weight is 341 g/mol. The Morgan fingerprint density at radius 1 is 1.08 bits per heavy atom. The summed E-state index contributed by atoms with van der Waals surface area (Å²) in [5, 5.41) is 2.88. The Morgan fingerprint density at radius 3 is 2.71 bits per heavy atom. The van der Waals surface area contributed by atoms with Crippen LogP contribution in [0.3, 0.4) is 0 Å². The third-order valence-corrected chi connectivity index (χ3v) is 4.42. The number of ether oxygens (including phenoxy) is 2. The lowest BCUT2D eigenvalue weighted by Crippen LogP contribution is -2.23. The quantitative estimate of drug-likeness (QED) is 0.497. The maximum atomic E-state index is 11.9. The van der Waals surface area contributed by atoms with Crippen molar-refractivity contribution < 1.29 is 14.3 Å². The van der Waals surface area contributed by atoms with Gasteiger partial charge in [0.2, 0.25) is 5.91 Å². The van der Waals surface area contributed by atoms with Gasteiger partial charge in [-0.15, -0.1) is 11.8 Å². The van der Waals surface area contributed by atoms with Gasteiger partial charge in [-0.1, -0.05) is 24.3 Å². The second-order valence-electron chi connectivity index (χ2n) is 5.19. The largest absolute Gasteiger partial charge is 0.486 e. The van der Waals surface area contributed by atoms with Gasteiger partial charge in [0.25, 0.3) is 0 Å². The molecule has 0 fully saturated rings. The van der Waals surface area contributed by atoms with Crippen molar-refractivity contribution >= 4 is 23.7 Å². The Kier molecular flexibility index (Phi) is 5.80. The molecule has 1 aliphatic rings. The van der Waals surface area contributed by atoms with Crippen molar-refractivity contribution in [3.63, 3.8) is 0 Å². The fourth-order valence-corrected chi connectivity index (χ4v) is 3.04. The van der Waals surface area contributed by atoms with E-state index in [2.05, 4.69) is 17.4 Å². The predicted molar refractivity (Wildman–Crippen MR) is 96.6 cm³/mol. The van der Waals surface area contributed by atoms with E-state index in [0.29, 0.717) is 19.8 Å². The maximum absolute atomic E-state index is 11.9. The molecule has 3 rings (SSSR count). The Balaban J connectivity index is 1.43. The number of amides is 1. The Bertz CT molecular complexity index is 716. The van der Waals surface area contributed by atoms with E-state index >= 15 is 0 Å². The van der Waals surface area contributed by atoms with Gasteiger partial charge < -0.3 is 14.8 Å². The van der Waals surface area contributed by atoms with Crippen LogP contribution in [0.5, 0.6) is 11.5 Å². The average Bonchev–Trinajstić information content (AvgIpc) is 2.64. The molecule has 1 heterocycles. The number of benzene rings is 2. The number of carbonyl (C=O) groups excluding carboxylic acids is 1. The molecule has 0 unspecified atom stereocenters. The van der Waals surface area contributed by atoms with E-state index in [1.165, 1.54) is 4.90 Å². The summed E-state index contributed by atoms with van der Waals surface area (Å²) in [6.07, 6.45) is 3.32. The molecule has 1 amide bonds. The summed E-state index contributed by atoms with van der Waals surface area (Å²) < 4.78 is 11.0. The molecule has 0 bridgehead atoms. The zero-order valence-corrected chi connectivity index (χ0v) is 14.1. The number of rotatable bonds is 6. The minimum atomic E-state index is -0.0986. The molecule has 1 N–H and O–H groups in total. The van der Waals surface area contributed by atoms with Crippen molar-refractivity contribution in [1.29, 1.82) is 0 Å². The van der Waals surface area contributed by atoms with Crippen LogP contribution < -0.4 is 14.8 Å². The van der Waals surface area contributed by atoms with Crippen LogP contribution in [0, 0.1) is 0 Å². The van der Waals surface area contributed by atoms with Gasteiger partial charge in [-0.2, -0.15) is 0 Å². The summed E-state index contributed by atoms with van der Waals surface area (Å²) in [6.45, 7) is 1.76. The third-order valence-electron chi connectivity index (χ3n) is 3.41. The van der Waals surface area contributed by atoms with E-state index in [1.807, 2.05) is 36.4 Å². The first kappa shape index (κ1) is 16.5. The highest BCUT2D eigenvalue weighted by atomic mass is 32.2. The van der Waals surface area contributed by atoms with E-state index in [9.17, 15) is 4.79 Å². The van der Waals surface area contributed by atoms with Crippen LogP contribution >= 0.6 is 11.8 Å². The summed E-state index contributed by atoms with van der Waals surface area (Å²) in [5.74, 6) is 2.22. The molecule has 0 saturated carbocycles. The highest BCUT2D eigenvalue weighted by Crippen LogP contribution is 2.31. The molecule has 5 heteroatoms. The van der Waals surface area contributed by atoms with Crippen molar-refractivity contribution in [3.8, 4) is 11.5 Å². The molecule has 4 nitrogen and oxygen atoms in total. The topological polar surface area (TPSA) is 47.6 Å². The van der Waals surface area contributed by atoms with Crippen molar-refractivity contribution in [2.45, 2.75) is 4.90 Å². The Morgan fingerprint density at radius 2 is 1.88 bits per heavy atom. The fraction of sp³-hybridized carbons (Fsp3) is 0.211. The van der Waals surface area contributed by atoms with Crippen LogP contribution in [0.25, 0.3) is 6.08 Å². The van der Waals surface area contributed by atoms with Crippen LogP contribution in [0.2, 0.25) is 0 Å². The summed E-state index contributed by atoms with van der Waals surface area (Å²) in [5.41, 5.74) is 0.910. The molecular formula is C19H19NO3S. The van der Waals surface area contributed by atoms with Crippen molar-refractivity contribution in [3.05, 3.63) is 60.2 Å². The number of hydrogen-bond acceptors (Lipinski definition) is 4. The minimum absolute atomic E-state index is 0.0986. The van der Waals surface area contributed by atoms with E-state index in [0.717, 1.165) is 22.8 Å². The number of thioether (sulfide) groups is 1. The molecule has 0 saturated heterocycles. The standard InChI is InChI=1S/C19H19NO3S/c21-19(20-10-13-24-16-4-2-1-3-5-16)9-7-15-6-8-17-18(14-15)23-12-11-22-17/h1-9,14H,10-13H2,(H,20,21)/b9-7+. The molecule has 0 aromatic heterocycles. The molecular weight excluding hydrogens is 322 g/mol. The van der Waals surface area contributed by atoms with E-state index in [-0.39, 0.29) is 5.91 Å². The summed E-state index contributed by atoms with van der Waals surface area (Å²) in [4.78, 5) is 13.1. The summed E-state index contributed by atoms with van der Waals surface area (Å²) in [7, 11) is 0. The molecule has 1 aliphatic heterocycles. The van der Waals surface area contributed by atoms with Gasteiger partial charge in [-0.05, 0) is 35.9 Å². The van der Waals surface area contributed by atoms with E-state index in [1.54, 1.807) is 23.9 Å². The molecule has 0 aliphatic carbocycles. The molecule has 0 spiro atoms. The third kappa shape index (κ3) is 4.80. The molecule has 2 aromatic rings. The second kappa shape index (κ2) is 8.45. The highest BCUT2D eigenvalue weighted by molar-refractivity contribution is 7.99. The van der Waals surface area contributed by atoms with Gasteiger partial charge >= 0.3 is 0 Å². The SMILES string of the molecule is O=C(/C=C/c1ccc2c(c1)OCCO2)NCCSc1ccccc1. The first-order chi connectivity index (χ1) is 11.8. The maximum Gasteiger partial charge on any atom is 0.244 e. The van der Waals surface area contributed by atoms with Crippen molar-refractivity contribution in [2.24, 2.45) is 0 Å². The van der Waals surface area contributed by atoms with E-state index < -0.39 is 0 Å². The predicted octanol–water partition coefficient (Wildman–Crippen LogP) is 3.38. The normalized spacial score (nSPS) is 13.0. The highest BCUT2D eigenvalue weighted by Gasteiger charge is 2.10. The summed E-state index contributed by atoms with van der Waals surface area (Å²) >= 11 is 1.72. The van der Waals surface area contributed by atoms with Crippen LogP contribution in [0.1, 0.15) is 5.56 Å². The monoisotopic (exact) mass is 341 g/mol. The van der Waals surface area contributed by atoms with Crippen LogP contribution in [-0.2, 0) is 4.79 Å². The minimum Gasteiger partial charge on any atom is -0.486 e. The zero-order chi connectivity index (χ0) is 16.6. The fourth-order valence-electron chi connectivity index (χ4n) is 2.25. The van der Waals surface area contributed by atoms with Crippen molar-refractivity contribution in [1.82, 2.24) is 5.32 Å². The second-order valence-corrected chi connectivity index (χ2v) is 6.36. The number of nitrogens with one attached hydrogen (secondary N) is 1. The molecule has 2 aromatic carbocycles. The van der Waals surface area contributed by atoms with Crippen LogP contribution in [0.4, 0.5) is 0 Å². The zero-order valence-electron chi connectivity index (χ0n) is 13.2. The lowest BCUT2D eigenvalue weighted by atomic mass is 10.2. The van der Waals surface area contributed by atoms with Crippen LogP contribution in [0.15, 0.2) is 59.5 Å². The first-order valence-electron chi connectivity index (χ1n) is 7.85. The summed E-state index contributed by atoms with van der Waals surface area (Å²) in [6, 6.07) is 15.8. The van der Waals surface area contributed by atoms with E-state index in [4.69, 9.17) is 9.47 Å². The van der Waals surface area contributed by atoms with Gasteiger partial charge in [-0.25, -0.2) is 0 Å². The molecule has 24 heavy (non-hydrogen) atoms. The van der Waals surface area contributed by atoms with Gasteiger partial charge in [0.05, 0.1) is 0 Å². The number of fused-ring (bicyclic) bond motifs is 1. The number of hydrogen-bond donors (Lipinski definition) is 1. The molecule has 0 atom stereocenters. The lowest BCUT2D eigenvalue weighted by Gasteiger charge is -2.18.